The molecule has 1 aromatic rings. The van der Waals surface area contributed by atoms with E-state index in [0.29, 0.717) is 23.9 Å². The second-order valence-electron chi connectivity index (χ2n) is 5.59. The van der Waals surface area contributed by atoms with E-state index in [4.69, 9.17) is 5.11 Å². The number of hydrogen-bond donors (Lipinski definition) is 2. The van der Waals surface area contributed by atoms with Crippen LogP contribution < -0.4 is 5.32 Å². The van der Waals surface area contributed by atoms with E-state index in [1.807, 2.05) is 31.2 Å². The topological polar surface area (TPSA) is 49.3 Å². The zero-order chi connectivity index (χ0) is 14.3. The highest BCUT2D eigenvalue weighted by Crippen LogP contribution is 2.14. The lowest BCUT2D eigenvalue weighted by atomic mass is 9.94. The molecular formula is C16H25NO2. The molecule has 3 nitrogen and oxygen atoms in total. The molecule has 0 aromatic heterocycles. The first-order chi connectivity index (χ1) is 9.02. The molecule has 0 saturated carbocycles. The SMILES string of the molecule is Cc1cccc(C(=O)NCC(CCO)CC(C)C)c1. The monoisotopic (exact) mass is 263 g/mol. The number of amides is 1. The van der Waals surface area contributed by atoms with Crippen molar-refractivity contribution < 1.29 is 9.90 Å². The first kappa shape index (κ1) is 15.7. The van der Waals surface area contributed by atoms with Crippen molar-refractivity contribution in [1.29, 1.82) is 0 Å². The largest absolute Gasteiger partial charge is 0.396 e. The minimum absolute atomic E-state index is 0.0320. The van der Waals surface area contributed by atoms with E-state index >= 15 is 0 Å². The van der Waals surface area contributed by atoms with Gasteiger partial charge in [-0.2, -0.15) is 0 Å². The van der Waals surface area contributed by atoms with Gasteiger partial charge in [-0.15, -0.1) is 0 Å². The number of carbonyl (C=O) groups excluding carboxylic acids is 1. The van der Waals surface area contributed by atoms with E-state index in [-0.39, 0.29) is 12.5 Å². The van der Waals surface area contributed by atoms with Crippen molar-refractivity contribution in [2.75, 3.05) is 13.2 Å². The normalized spacial score (nSPS) is 12.5. The molecule has 0 fully saturated rings. The average Bonchev–Trinajstić information content (AvgIpc) is 2.35. The molecule has 0 spiro atoms. The molecule has 19 heavy (non-hydrogen) atoms. The molecule has 0 bridgehead atoms. The smallest absolute Gasteiger partial charge is 0.251 e. The molecule has 1 amide bonds. The summed E-state index contributed by atoms with van der Waals surface area (Å²) in [4.78, 5) is 12.0. The summed E-state index contributed by atoms with van der Waals surface area (Å²) >= 11 is 0. The lowest BCUT2D eigenvalue weighted by molar-refractivity contribution is 0.0941. The third kappa shape index (κ3) is 5.88. The van der Waals surface area contributed by atoms with Gasteiger partial charge in [0.1, 0.15) is 0 Å². The molecule has 2 N–H and O–H groups in total. The van der Waals surface area contributed by atoms with Crippen LogP contribution in [0.2, 0.25) is 0 Å². The van der Waals surface area contributed by atoms with Crippen molar-refractivity contribution in [2.24, 2.45) is 11.8 Å². The molecule has 0 radical (unpaired) electrons. The van der Waals surface area contributed by atoms with Gasteiger partial charge in [0.25, 0.3) is 5.91 Å². The minimum Gasteiger partial charge on any atom is -0.396 e. The molecule has 1 atom stereocenters. The Bertz CT molecular complexity index is 401. The summed E-state index contributed by atoms with van der Waals surface area (Å²) in [7, 11) is 0. The maximum atomic E-state index is 12.0. The van der Waals surface area contributed by atoms with Gasteiger partial charge < -0.3 is 10.4 Å². The molecule has 3 heteroatoms. The van der Waals surface area contributed by atoms with Gasteiger partial charge in [0, 0.05) is 18.7 Å². The van der Waals surface area contributed by atoms with Gasteiger partial charge in [0.05, 0.1) is 0 Å². The van der Waals surface area contributed by atoms with E-state index in [1.165, 1.54) is 0 Å². The van der Waals surface area contributed by atoms with Gasteiger partial charge in [-0.3, -0.25) is 4.79 Å². The molecule has 1 unspecified atom stereocenters. The Hall–Kier alpha value is -1.35. The van der Waals surface area contributed by atoms with Gasteiger partial charge in [0.2, 0.25) is 0 Å². The summed E-state index contributed by atoms with van der Waals surface area (Å²) in [6, 6.07) is 7.58. The molecule has 0 aliphatic rings. The van der Waals surface area contributed by atoms with Crippen LogP contribution in [0.4, 0.5) is 0 Å². The van der Waals surface area contributed by atoms with Gasteiger partial charge in [0.15, 0.2) is 0 Å². The lowest BCUT2D eigenvalue weighted by Crippen LogP contribution is -2.30. The summed E-state index contributed by atoms with van der Waals surface area (Å²) in [5.41, 5.74) is 1.79. The van der Waals surface area contributed by atoms with Crippen molar-refractivity contribution in [2.45, 2.75) is 33.6 Å². The Labute approximate surface area is 116 Å². The van der Waals surface area contributed by atoms with Crippen LogP contribution >= 0.6 is 0 Å². The van der Waals surface area contributed by atoms with E-state index in [0.717, 1.165) is 18.4 Å². The number of hydrogen-bond acceptors (Lipinski definition) is 2. The average molecular weight is 263 g/mol. The van der Waals surface area contributed by atoms with Crippen LogP contribution in [0.15, 0.2) is 24.3 Å². The molecule has 0 aliphatic carbocycles. The molecule has 1 rings (SSSR count). The Morgan fingerprint density at radius 1 is 1.37 bits per heavy atom. The number of carbonyl (C=O) groups is 1. The number of nitrogens with one attached hydrogen (secondary N) is 1. The number of aryl methyl sites for hydroxylation is 1. The van der Waals surface area contributed by atoms with E-state index < -0.39 is 0 Å². The zero-order valence-electron chi connectivity index (χ0n) is 12.1. The van der Waals surface area contributed by atoms with Gasteiger partial charge in [-0.05, 0) is 43.7 Å². The Morgan fingerprint density at radius 2 is 2.11 bits per heavy atom. The van der Waals surface area contributed by atoms with E-state index in [2.05, 4.69) is 19.2 Å². The van der Waals surface area contributed by atoms with Gasteiger partial charge >= 0.3 is 0 Å². The summed E-state index contributed by atoms with van der Waals surface area (Å²) in [6.45, 7) is 7.10. The number of rotatable bonds is 7. The number of benzene rings is 1. The number of aliphatic hydroxyl groups is 1. The predicted octanol–water partition coefficient (Wildman–Crippen LogP) is 2.77. The fourth-order valence-corrected chi connectivity index (χ4v) is 2.28. The zero-order valence-corrected chi connectivity index (χ0v) is 12.1. The Kier molecular flexibility index (Phi) is 6.57. The van der Waals surface area contributed by atoms with Crippen LogP contribution in [0.3, 0.4) is 0 Å². The highest BCUT2D eigenvalue weighted by molar-refractivity contribution is 5.94. The fraction of sp³-hybridized carbons (Fsp3) is 0.562. The summed E-state index contributed by atoms with van der Waals surface area (Å²) in [6.07, 6.45) is 1.76. The second kappa shape index (κ2) is 7.95. The summed E-state index contributed by atoms with van der Waals surface area (Å²) in [5.74, 6) is 0.890. The van der Waals surface area contributed by atoms with Crippen LogP contribution in [0.1, 0.15) is 42.6 Å². The molecule has 1 aromatic carbocycles. The highest BCUT2D eigenvalue weighted by Gasteiger charge is 2.13. The predicted molar refractivity (Wildman–Crippen MR) is 78.2 cm³/mol. The van der Waals surface area contributed by atoms with E-state index in [9.17, 15) is 4.79 Å². The maximum absolute atomic E-state index is 12.0. The molecule has 0 heterocycles. The van der Waals surface area contributed by atoms with E-state index in [1.54, 1.807) is 0 Å². The fourth-order valence-electron chi connectivity index (χ4n) is 2.28. The molecule has 106 valence electrons. The van der Waals surface area contributed by atoms with Crippen molar-refractivity contribution in [3.8, 4) is 0 Å². The van der Waals surface area contributed by atoms with Crippen LogP contribution in [0, 0.1) is 18.8 Å². The Balaban J connectivity index is 2.51. The molecular weight excluding hydrogens is 238 g/mol. The van der Waals surface area contributed by atoms with Crippen LogP contribution in [-0.2, 0) is 0 Å². The molecule has 0 saturated heterocycles. The lowest BCUT2D eigenvalue weighted by Gasteiger charge is -2.18. The van der Waals surface area contributed by atoms with Crippen LogP contribution in [0.25, 0.3) is 0 Å². The van der Waals surface area contributed by atoms with Crippen molar-refractivity contribution >= 4 is 5.91 Å². The van der Waals surface area contributed by atoms with Crippen molar-refractivity contribution in [1.82, 2.24) is 5.32 Å². The molecule has 0 aliphatic heterocycles. The van der Waals surface area contributed by atoms with Crippen LogP contribution in [0.5, 0.6) is 0 Å². The first-order valence-corrected chi connectivity index (χ1v) is 6.98. The second-order valence-corrected chi connectivity index (χ2v) is 5.59. The third-order valence-electron chi connectivity index (χ3n) is 3.17. The van der Waals surface area contributed by atoms with Gasteiger partial charge in [-0.1, -0.05) is 31.5 Å². The summed E-state index contributed by atoms with van der Waals surface area (Å²) < 4.78 is 0. The quantitative estimate of drug-likeness (QED) is 0.794. The standard InChI is InChI=1S/C16H25NO2/c1-12(2)9-14(7-8-18)11-17-16(19)15-6-4-5-13(3)10-15/h4-6,10,12,14,18H,7-9,11H2,1-3H3,(H,17,19). The number of aliphatic hydroxyl groups excluding tert-OH is 1. The van der Waals surface area contributed by atoms with Crippen molar-refractivity contribution in [3.05, 3.63) is 35.4 Å². The summed E-state index contributed by atoms with van der Waals surface area (Å²) in [5, 5.41) is 12.0. The van der Waals surface area contributed by atoms with Gasteiger partial charge in [-0.25, -0.2) is 0 Å². The van der Waals surface area contributed by atoms with Crippen LogP contribution in [-0.4, -0.2) is 24.2 Å². The highest BCUT2D eigenvalue weighted by atomic mass is 16.3. The maximum Gasteiger partial charge on any atom is 0.251 e. The Morgan fingerprint density at radius 3 is 2.68 bits per heavy atom. The first-order valence-electron chi connectivity index (χ1n) is 6.98. The van der Waals surface area contributed by atoms with Crippen molar-refractivity contribution in [3.63, 3.8) is 0 Å². The minimum atomic E-state index is -0.0320. The third-order valence-corrected chi connectivity index (χ3v) is 3.17.